The number of para-hydroxylation sites is 1. The molecule has 19 heavy (non-hydrogen) atoms. The Balaban J connectivity index is 1.81. The van der Waals surface area contributed by atoms with Crippen LogP contribution in [-0.2, 0) is 13.6 Å². The average molecular weight is 256 g/mol. The molecule has 0 aliphatic carbocycles. The highest BCUT2D eigenvalue weighted by Gasteiger charge is 2.24. The number of rotatable bonds is 3. The van der Waals surface area contributed by atoms with Gasteiger partial charge in [0, 0.05) is 43.5 Å². The summed E-state index contributed by atoms with van der Waals surface area (Å²) >= 11 is 0. The highest BCUT2D eigenvalue weighted by atomic mass is 16.5. The molecule has 1 aromatic heterocycles. The molecule has 3 nitrogen and oxygen atoms in total. The predicted octanol–water partition coefficient (Wildman–Crippen LogP) is 2.98. The number of fused-ring (bicyclic) bond motifs is 1. The van der Waals surface area contributed by atoms with Crippen LogP contribution in [0, 0.1) is 0 Å². The Bertz CT molecular complexity index is 561. The van der Waals surface area contributed by atoms with Gasteiger partial charge in [-0.25, -0.2) is 0 Å². The first-order chi connectivity index (χ1) is 9.25. The van der Waals surface area contributed by atoms with Crippen LogP contribution in [0.5, 0.6) is 5.75 Å². The van der Waals surface area contributed by atoms with Gasteiger partial charge in [0.1, 0.15) is 5.75 Å². The quantitative estimate of drug-likeness (QED) is 0.840. The first-order valence-corrected chi connectivity index (χ1v) is 6.78. The number of ether oxygens (including phenoxy) is 1. The number of aryl methyl sites for hydroxylation is 1. The van der Waals surface area contributed by atoms with Crippen molar-refractivity contribution in [3.63, 3.8) is 0 Å². The van der Waals surface area contributed by atoms with Gasteiger partial charge in [-0.15, -0.1) is 0 Å². The molecule has 100 valence electrons. The van der Waals surface area contributed by atoms with E-state index in [1.54, 1.807) is 0 Å². The number of nitrogens with zero attached hydrogens (tertiary/aromatic N) is 2. The molecule has 1 aromatic carbocycles. The molecule has 2 heterocycles. The highest BCUT2D eigenvalue weighted by Crippen LogP contribution is 2.35. The van der Waals surface area contributed by atoms with Crippen LogP contribution in [0.3, 0.4) is 0 Å². The summed E-state index contributed by atoms with van der Waals surface area (Å²) in [4.78, 5) is 2.41. The van der Waals surface area contributed by atoms with E-state index in [1.165, 1.54) is 11.3 Å². The van der Waals surface area contributed by atoms with E-state index in [1.807, 2.05) is 6.07 Å². The van der Waals surface area contributed by atoms with Gasteiger partial charge >= 0.3 is 0 Å². The van der Waals surface area contributed by atoms with Crippen LogP contribution in [0.25, 0.3) is 0 Å². The second kappa shape index (κ2) is 5.10. The van der Waals surface area contributed by atoms with Crippen molar-refractivity contribution in [3.8, 4) is 5.75 Å². The summed E-state index contributed by atoms with van der Waals surface area (Å²) in [6.07, 6.45) is 3.15. The SMILES string of the molecule is CN(Cc1cccn1C)C1CCOc2ccccc21. The standard InChI is InChI=1S/C16H20N2O/c1-17-10-5-6-13(17)12-18(2)15-9-11-19-16-8-4-3-7-14(15)16/h3-8,10,15H,9,11-12H2,1-2H3. The minimum absolute atomic E-state index is 0.444. The van der Waals surface area contributed by atoms with Crippen molar-refractivity contribution < 1.29 is 4.74 Å². The molecule has 0 fully saturated rings. The Labute approximate surface area is 114 Å². The summed E-state index contributed by atoms with van der Waals surface area (Å²) in [6, 6.07) is 13.1. The van der Waals surface area contributed by atoms with Crippen LogP contribution in [0.4, 0.5) is 0 Å². The second-order valence-corrected chi connectivity index (χ2v) is 5.22. The van der Waals surface area contributed by atoms with Crippen LogP contribution in [0.2, 0.25) is 0 Å². The largest absolute Gasteiger partial charge is 0.493 e. The first kappa shape index (κ1) is 12.3. The van der Waals surface area contributed by atoms with Gasteiger partial charge in [-0.3, -0.25) is 4.90 Å². The molecule has 0 saturated heterocycles. The van der Waals surface area contributed by atoms with E-state index in [0.717, 1.165) is 25.3 Å². The van der Waals surface area contributed by atoms with Gasteiger partial charge < -0.3 is 9.30 Å². The lowest BCUT2D eigenvalue weighted by molar-refractivity contribution is 0.158. The van der Waals surface area contributed by atoms with Gasteiger partial charge in [-0.1, -0.05) is 18.2 Å². The van der Waals surface area contributed by atoms with E-state index >= 15 is 0 Å². The van der Waals surface area contributed by atoms with E-state index in [0.29, 0.717) is 6.04 Å². The average Bonchev–Trinajstić information content (AvgIpc) is 2.83. The topological polar surface area (TPSA) is 17.4 Å². The third kappa shape index (κ3) is 2.38. The number of hydrogen-bond acceptors (Lipinski definition) is 2. The van der Waals surface area contributed by atoms with Crippen LogP contribution >= 0.6 is 0 Å². The van der Waals surface area contributed by atoms with Crippen LogP contribution in [0.1, 0.15) is 23.7 Å². The molecule has 2 aromatic rings. The predicted molar refractivity (Wildman–Crippen MR) is 76.2 cm³/mol. The fourth-order valence-electron chi connectivity index (χ4n) is 2.81. The molecule has 3 heteroatoms. The van der Waals surface area contributed by atoms with Gasteiger partial charge in [-0.2, -0.15) is 0 Å². The summed E-state index contributed by atoms with van der Waals surface area (Å²) in [7, 11) is 4.29. The lowest BCUT2D eigenvalue weighted by Crippen LogP contribution is -2.29. The number of benzene rings is 1. The smallest absolute Gasteiger partial charge is 0.124 e. The van der Waals surface area contributed by atoms with Crippen LogP contribution in [-0.4, -0.2) is 23.1 Å². The Morgan fingerprint density at radius 2 is 2.11 bits per heavy atom. The van der Waals surface area contributed by atoms with Gasteiger partial charge in [-0.05, 0) is 25.2 Å². The lowest BCUT2D eigenvalue weighted by atomic mass is 9.99. The van der Waals surface area contributed by atoms with Crippen molar-refractivity contribution in [1.29, 1.82) is 0 Å². The molecule has 0 spiro atoms. The van der Waals surface area contributed by atoms with Crippen molar-refractivity contribution in [2.24, 2.45) is 7.05 Å². The lowest BCUT2D eigenvalue weighted by Gasteiger charge is -2.33. The van der Waals surface area contributed by atoms with E-state index in [2.05, 4.69) is 60.1 Å². The van der Waals surface area contributed by atoms with E-state index in [9.17, 15) is 0 Å². The molecular formula is C16H20N2O. The Kier molecular flexibility index (Phi) is 3.30. The molecule has 1 aliphatic rings. The van der Waals surface area contributed by atoms with Crippen molar-refractivity contribution in [3.05, 3.63) is 53.9 Å². The monoisotopic (exact) mass is 256 g/mol. The van der Waals surface area contributed by atoms with E-state index < -0.39 is 0 Å². The molecule has 0 saturated carbocycles. The fraction of sp³-hybridized carbons (Fsp3) is 0.375. The van der Waals surface area contributed by atoms with E-state index in [-0.39, 0.29) is 0 Å². The van der Waals surface area contributed by atoms with Gasteiger partial charge in [0.15, 0.2) is 0 Å². The van der Waals surface area contributed by atoms with E-state index in [4.69, 9.17) is 4.74 Å². The molecule has 0 radical (unpaired) electrons. The minimum atomic E-state index is 0.444. The van der Waals surface area contributed by atoms with Crippen molar-refractivity contribution in [2.75, 3.05) is 13.7 Å². The molecular weight excluding hydrogens is 236 g/mol. The maximum absolute atomic E-state index is 5.73. The van der Waals surface area contributed by atoms with Crippen LogP contribution < -0.4 is 4.74 Å². The minimum Gasteiger partial charge on any atom is -0.493 e. The third-order valence-electron chi connectivity index (χ3n) is 3.92. The number of aromatic nitrogens is 1. The van der Waals surface area contributed by atoms with Crippen LogP contribution in [0.15, 0.2) is 42.6 Å². The second-order valence-electron chi connectivity index (χ2n) is 5.22. The molecule has 0 amide bonds. The summed E-state index contributed by atoms with van der Waals surface area (Å²) in [5, 5.41) is 0. The number of hydrogen-bond donors (Lipinski definition) is 0. The summed E-state index contributed by atoms with van der Waals surface area (Å²) < 4.78 is 7.91. The Morgan fingerprint density at radius 1 is 1.26 bits per heavy atom. The molecule has 0 bridgehead atoms. The van der Waals surface area contributed by atoms with Crippen molar-refractivity contribution >= 4 is 0 Å². The van der Waals surface area contributed by atoms with Gasteiger partial charge in [0.25, 0.3) is 0 Å². The molecule has 1 atom stereocenters. The molecule has 1 unspecified atom stereocenters. The third-order valence-corrected chi connectivity index (χ3v) is 3.92. The molecule has 3 rings (SSSR count). The zero-order valence-electron chi connectivity index (χ0n) is 11.5. The van der Waals surface area contributed by atoms with Crippen molar-refractivity contribution in [1.82, 2.24) is 9.47 Å². The van der Waals surface area contributed by atoms with Crippen molar-refractivity contribution in [2.45, 2.75) is 19.0 Å². The summed E-state index contributed by atoms with van der Waals surface area (Å²) in [5.74, 6) is 1.04. The normalized spacial score (nSPS) is 18.2. The first-order valence-electron chi connectivity index (χ1n) is 6.78. The maximum atomic E-state index is 5.73. The Hall–Kier alpha value is -1.74. The molecule has 1 aliphatic heterocycles. The van der Waals surface area contributed by atoms with Gasteiger partial charge in [0.2, 0.25) is 0 Å². The molecule has 0 N–H and O–H groups in total. The zero-order valence-corrected chi connectivity index (χ0v) is 11.5. The summed E-state index contributed by atoms with van der Waals surface area (Å²) in [6.45, 7) is 1.77. The maximum Gasteiger partial charge on any atom is 0.124 e. The zero-order chi connectivity index (χ0) is 13.2. The fourth-order valence-corrected chi connectivity index (χ4v) is 2.81. The summed E-state index contributed by atoms with van der Waals surface area (Å²) in [5.41, 5.74) is 2.65. The Morgan fingerprint density at radius 3 is 2.89 bits per heavy atom. The highest BCUT2D eigenvalue weighted by molar-refractivity contribution is 5.37. The van der Waals surface area contributed by atoms with Gasteiger partial charge in [0.05, 0.1) is 6.61 Å².